The van der Waals surface area contributed by atoms with Crippen molar-refractivity contribution < 1.29 is 14.0 Å². The van der Waals surface area contributed by atoms with Crippen molar-refractivity contribution in [1.82, 2.24) is 15.0 Å². The summed E-state index contributed by atoms with van der Waals surface area (Å²) in [6.07, 6.45) is 1.19. The van der Waals surface area contributed by atoms with Crippen LogP contribution in [0, 0.1) is 6.92 Å². The molecule has 1 aliphatic rings. The second kappa shape index (κ2) is 6.09. The summed E-state index contributed by atoms with van der Waals surface area (Å²) in [4.78, 5) is 6.33. The fourth-order valence-electron chi connectivity index (χ4n) is 1.79. The summed E-state index contributed by atoms with van der Waals surface area (Å²) < 4.78 is 15.9. The number of hydrogen-bond acceptors (Lipinski definition) is 6. The van der Waals surface area contributed by atoms with Gasteiger partial charge in [0.2, 0.25) is 5.89 Å². The van der Waals surface area contributed by atoms with Gasteiger partial charge >= 0.3 is 0 Å². The summed E-state index contributed by atoms with van der Waals surface area (Å²) in [6, 6.07) is 0. The van der Waals surface area contributed by atoms with Crippen LogP contribution in [0.5, 0.6) is 0 Å². The van der Waals surface area contributed by atoms with Crippen molar-refractivity contribution in [1.29, 1.82) is 0 Å². The quantitative estimate of drug-likeness (QED) is 0.753. The van der Waals surface area contributed by atoms with Crippen LogP contribution in [0.4, 0.5) is 0 Å². The molecule has 1 fully saturated rings. The van der Waals surface area contributed by atoms with Crippen LogP contribution in [0.15, 0.2) is 4.52 Å². The normalized spacial score (nSPS) is 21.0. The van der Waals surface area contributed by atoms with Gasteiger partial charge in [0.05, 0.1) is 32.5 Å². The number of rotatable bonds is 5. The largest absolute Gasteiger partial charge is 0.376 e. The molecule has 0 amide bonds. The summed E-state index contributed by atoms with van der Waals surface area (Å²) in [5.74, 6) is 1.34. The molecule has 0 bridgehead atoms. The Morgan fingerprint density at radius 3 is 2.94 bits per heavy atom. The highest BCUT2D eigenvalue weighted by atomic mass is 16.6. The second-order valence-electron chi connectivity index (χ2n) is 4.32. The molecule has 96 valence electrons. The van der Waals surface area contributed by atoms with Gasteiger partial charge in [-0.2, -0.15) is 4.98 Å². The molecule has 1 aromatic rings. The van der Waals surface area contributed by atoms with Crippen LogP contribution in [-0.2, 0) is 16.0 Å². The minimum absolute atomic E-state index is 0.221. The van der Waals surface area contributed by atoms with Crippen molar-refractivity contribution in [3.63, 3.8) is 0 Å². The van der Waals surface area contributed by atoms with Gasteiger partial charge in [-0.15, -0.1) is 0 Å². The average molecular weight is 241 g/mol. The van der Waals surface area contributed by atoms with E-state index in [0.29, 0.717) is 32.3 Å². The molecule has 2 rings (SSSR count). The van der Waals surface area contributed by atoms with Crippen LogP contribution < -0.4 is 0 Å². The first-order valence-corrected chi connectivity index (χ1v) is 5.91. The van der Waals surface area contributed by atoms with Gasteiger partial charge in [-0.25, -0.2) is 0 Å². The van der Waals surface area contributed by atoms with Crippen molar-refractivity contribution in [3.05, 3.63) is 11.7 Å². The molecule has 1 aliphatic heterocycles. The zero-order chi connectivity index (χ0) is 12.1. The number of aryl methyl sites for hydroxylation is 1. The Labute approximate surface area is 101 Å². The topological polar surface area (TPSA) is 60.6 Å². The lowest BCUT2D eigenvalue weighted by molar-refractivity contribution is -0.0924. The van der Waals surface area contributed by atoms with E-state index in [1.165, 1.54) is 0 Å². The minimum atomic E-state index is 0.221. The third-order valence-corrected chi connectivity index (χ3v) is 2.70. The fraction of sp³-hybridized carbons (Fsp3) is 0.818. The Morgan fingerprint density at radius 1 is 1.41 bits per heavy atom. The van der Waals surface area contributed by atoms with E-state index in [9.17, 15) is 0 Å². The summed E-state index contributed by atoms with van der Waals surface area (Å²) >= 11 is 0. The lowest BCUT2D eigenvalue weighted by atomic mass is 10.2. The van der Waals surface area contributed by atoms with Crippen molar-refractivity contribution in [3.8, 4) is 0 Å². The molecule has 0 aliphatic carbocycles. The molecule has 1 atom stereocenters. The van der Waals surface area contributed by atoms with Crippen LogP contribution in [0.3, 0.4) is 0 Å². The number of aromatic nitrogens is 2. The van der Waals surface area contributed by atoms with Gasteiger partial charge in [-0.1, -0.05) is 5.16 Å². The van der Waals surface area contributed by atoms with Gasteiger partial charge in [0.15, 0.2) is 5.82 Å². The molecule has 1 aromatic heterocycles. The Morgan fingerprint density at radius 2 is 2.29 bits per heavy atom. The van der Waals surface area contributed by atoms with E-state index in [2.05, 4.69) is 15.0 Å². The van der Waals surface area contributed by atoms with Crippen LogP contribution in [0.25, 0.3) is 0 Å². The standard InChI is InChI=1S/C11H19N3O3/c1-9-12-11(13-17-9)7-14(2)4-3-10-8-15-5-6-16-10/h10H,3-8H2,1-2H3. The molecule has 0 aromatic carbocycles. The molecule has 1 unspecified atom stereocenters. The first-order chi connectivity index (χ1) is 8.24. The molecule has 6 nitrogen and oxygen atoms in total. The van der Waals surface area contributed by atoms with Crippen molar-refractivity contribution in [2.45, 2.75) is 26.0 Å². The van der Waals surface area contributed by atoms with E-state index >= 15 is 0 Å². The van der Waals surface area contributed by atoms with Crippen LogP contribution in [-0.4, -0.2) is 54.6 Å². The third kappa shape index (κ3) is 4.07. The maximum atomic E-state index is 5.58. The molecular formula is C11H19N3O3. The predicted octanol–water partition coefficient (Wildman–Crippen LogP) is 0.615. The summed E-state index contributed by atoms with van der Waals surface area (Å²) in [6.45, 7) is 5.55. The smallest absolute Gasteiger partial charge is 0.223 e. The molecule has 17 heavy (non-hydrogen) atoms. The Hall–Kier alpha value is -0.980. The molecule has 2 heterocycles. The Balaban J connectivity index is 1.68. The highest BCUT2D eigenvalue weighted by Gasteiger charge is 2.15. The number of ether oxygens (including phenoxy) is 2. The highest BCUT2D eigenvalue weighted by molar-refractivity contribution is 4.83. The molecule has 0 N–H and O–H groups in total. The summed E-state index contributed by atoms with van der Waals surface area (Å²) in [5.41, 5.74) is 0. The van der Waals surface area contributed by atoms with Gasteiger partial charge in [0, 0.05) is 13.5 Å². The molecule has 0 spiro atoms. The first-order valence-electron chi connectivity index (χ1n) is 5.91. The lowest BCUT2D eigenvalue weighted by Gasteiger charge is -2.24. The zero-order valence-electron chi connectivity index (χ0n) is 10.4. The van der Waals surface area contributed by atoms with Crippen LogP contribution >= 0.6 is 0 Å². The van der Waals surface area contributed by atoms with Gasteiger partial charge in [-0.05, 0) is 13.5 Å². The lowest BCUT2D eigenvalue weighted by Crippen LogP contribution is -2.32. The van der Waals surface area contributed by atoms with E-state index < -0.39 is 0 Å². The molecule has 6 heteroatoms. The maximum absolute atomic E-state index is 5.58. The Bertz CT molecular complexity index is 336. The molecule has 0 saturated carbocycles. The van der Waals surface area contributed by atoms with E-state index in [0.717, 1.165) is 18.8 Å². The summed E-state index contributed by atoms with van der Waals surface area (Å²) in [5, 5.41) is 3.87. The van der Waals surface area contributed by atoms with E-state index in [1.54, 1.807) is 6.92 Å². The predicted molar refractivity (Wildman–Crippen MR) is 60.5 cm³/mol. The SMILES string of the molecule is Cc1nc(CN(C)CCC2COCCO2)no1. The Kier molecular flexibility index (Phi) is 4.47. The monoisotopic (exact) mass is 241 g/mol. The first kappa shape index (κ1) is 12.5. The van der Waals surface area contributed by atoms with Gasteiger partial charge in [-0.3, -0.25) is 4.90 Å². The van der Waals surface area contributed by atoms with E-state index in [4.69, 9.17) is 14.0 Å². The van der Waals surface area contributed by atoms with E-state index in [-0.39, 0.29) is 6.10 Å². The van der Waals surface area contributed by atoms with Crippen molar-refractivity contribution in [2.75, 3.05) is 33.4 Å². The average Bonchev–Trinajstić information content (AvgIpc) is 2.73. The summed E-state index contributed by atoms with van der Waals surface area (Å²) in [7, 11) is 2.04. The van der Waals surface area contributed by atoms with Gasteiger partial charge in [0.25, 0.3) is 0 Å². The number of nitrogens with zero attached hydrogens (tertiary/aromatic N) is 3. The molecular weight excluding hydrogens is 222 g/mol. The minimum Gasteiger partial charge on any atom is -0.376 e. The second-order valence-corrected chi connectivity index (χ2v) is 4.32. The van der Waals surface area contributed by atoms with E-state index in [1.807, 2.05) is 7.05 Å². The fourth-order valence-corrected chi connectivity index (χ4v) is 1.79. The maximum Gasteiger partial charge on any atom is 0.223 e. The molecule has 0 radical (unpaired) electrons. The van der Waals surface area contributed by atoms with Crippen LogP contribution in [0.2, 0.25) is 0 Å². The molecule has 1 saturated heterocycles. The zero-order valence-corrected chi connectivity index (χ0v) is 10.4. The van der Waals surface area contributed by atoms with Crippen LogP contribution in [0.1, 0.15) is 18.1 Å². The highest BCUT2D eigenvalue weighted by Crippen LogP contribution is 2.07. The van der Waals surface area contributed by atoms with Crippen molar-refractivity contribution >= 4 is 0 Å². The van der Waals surface area contributed by atoms with Gasteiger partial charge in [0.1, 0.15) is 0 Å². The number of hydrogen-bond donors (Lipinski definition) is 0. The van der Waals surface area contributed by atoms with Crippen molar-refractivity contribution in [2.24, 2.45) is 0 Å². The third-order valence-electron chi connectivity index (χ3n) is 2.70. The van der Waals surface area contributed by atoms with Gasteiger partial charge < -0.3 is 14.0 Å².